The van der Waals surface area contributed by atoms with Gasteiger partial charge in [-0.2, -0.15) is 0 Å². The molecule has 1 atom stereocenters. The highest BCUT2D eigenvalue weighted by atomic mass is 16.2. The second-order valence-electron chi connectivity index (χ2n) is 8.07. The highest BCUT2D eigenvalue weighted by Gasteiger charge is 2.26. The maximum atomic E-state index is 13.3. The van der Waals surface area contributed by atoms with Gasteiger partial charge in [-0.15, -0.1) is 0 Å². The molecule has 0 aliphatic rings. The first-order valence-electron chi connectivity index (χ1n) is 10.9. The molecule has 33 heavy (non-hydrogen) atoms. The highest BCUT2D eigenvalue weighted by Crippen LogP contribution is 2.18. The molecule has 1 unspecified atom stereocenters. The molecule has 0 saturated heterocycles. The van der Waals surface area contributed by atoms with Gasteiger partial charge in [0.2, 0.25) is 11.8 Å². The van der Waals surface area contributed by atoms with Crippen molar-refractivity contribution in [2.75, 3.05) is 18.9 Å². The molecular formula is C27H29N3O3. The molecule has 0 bridgehead atoms. The lowest BCUT2D eigenvalue weighted by molar-refractivity contribution is -0.135. The Labute approximate surface area is 194 Å². The van der Waals surface area contributed by atoms with E-state index in [-0.39, 0.29) is 24.3 Å². The fourth-order valence-corrected chi connectivity index (χ4v) is 3.52. The summed E-state index contributed by atoms with van der Waals surface area (Å²) in [7, 11) is 1.57. The average molecular weight is 444 g/mol. The number of rotatable bonds is 8. The predicted molar refractivity (Wildman–Crippen MR) is 130 cm³/mol. The predicted octanol–water partition coefficient (Wildman–Crippen LogP) is 3.74. The van der Waals surface area contributed by atoms with Gasteiger partial charge in [-0.25, -0.2) is 0 Å². The van der Waals surface area contributed by atoms with E-state index in [0.29, 0.717) is 12.0 Å². The number of nitrogens with one attached hydrogen (secondary N) is 2. The van der Waals surface area contributed by atoms with Gasteiger partial charge in [-0.3, -0.25) is 14.4 Å². The van der Waals surface area contributed by atoms with Crippen molar-refractivity contribution in [3.63, 3.8) is 0 Å². The Kier molecular flexibility index (Phi) is 7.97. The van der Waals surface area contributed by atoms with Crippen LogP contribution in [0.3, 0.4) is 0 Å². The summed E-state index contributed by atoms with van der Waals surface area (Å²) in [5.41, 5.74) is 4.16. The van der Waals surface area contributed by atoms with E-state index in [2.05, 4.69) is 10.6 Å². The Morgan fingerprint density at radius 1 is 0.848 bits per heavy atom. The van der Waals surface area contributed by atoms with Crippen LogP contribution < -0.4 is 10.6 Å². The van der Waals surface area contributed by atoms with E-state index < -0.39 is 6.04 Å². The normalized spacial score (nSPS) is 11.4. The topological polar surface area (TPSA) is 78.5 Å². The Morgan fingerprint density at radius 2 is 1.48 bits per heavy atom. The summed E-state index contributed by atoms with van der Waals surface area (Å²) in [6, 6.07) is 23.1. The maximum Gasteiger partial charge on any atom is 0.251 e. The highest BCUT2D eigenvalue weighted by molar-refractivity contribution is 5.99. The first-order chi connectivity index (χ1) is 15.8. The monoisotopic (exact) mass is 443 g/mol. The summed E-state index contributed by atoms with van der Waals surface area (Å²) in [6.07, 6.45) is 0.321. The van der Waals surface area contributed by atoms with Gasteiger partial charge in [0, 0.05) is 24.7 Å². The molecule has 3 aromatic rings. The Bertz CT molecular complexity index is 1110. The van der Waals surface area contributed by atoms with Crippen LogP contribution in [0.4, 0.5) is 5.69 Å². The number of nitrogens with zero attached hydrogens (tertiary/aromatic N) is 1. The van der Waals surface area contributed by atoms with Gasteiger partial charge < -0.3 is 15.5 Å². The zero-order valence-electron chi connectivity index (χ0n) is 19.2. The number of amides is 3. The first-order valence-corrected chi connectivity index (χ1v) is 10.9. The number of hydrogen-bond donors (Lipinski definition) is 2. The van der Waals surface area contributed by atoms with Crippen LogP contribution in [0, 0.1) is 13.8 Å². The number of hydrogen-bond acceptors (Lipinski definition) is 3. The quantitative estimate of drug-likeness (QED) is 0.557. The van der Waals surface area contributed by atoms with Crippen LogP contribution in [0.25, 0.3) is 0 Å². The fraction of sp³-hybridized carbons (Fsp3) is 0.222. The molecule has 170 valence electrons. The fourth-order valence-electron chi connectivity index (χ4n) is 3.52. The lowest BCUT2D eigenvalue weighted by Crippen LogP contribution is -2.50. The second-order valence-corrected chi connectivity index (χ2v) is 8.07. The van der Waals surface area contributed by atoms with Crippen LogP contribution >= 0.6 is 0 Å². The minimum Gasteiger partial charge on any atom is -0.340 e. The molecule has 6 nitrogen and oxygen atoms in total. The molecule has 3 aromatic carbocycles. The molecule has 3 amide bonds. The SMILES string of the molecule is Cc1cccc(NC(=O)CN(C)C(=O)C(Cc2ccccc2)NC(=O)c2ccccc2)c1C. The molecule has 0 aliphatic heterocycles. The van der Waals surface area contributed by atoms with E-state index in [1.54, 1.807) is 31.3 Å². The van der Waals surface area contributed by atoms with Crippen molar-refractivity contribution in [2.24, 2.45) is 0 Å². The van der Waals surface area contributed by atoms with Crippen molar-refractivity contribution in [3.05, 3.63) is 101 Å². The molecule has 2 N–H and O–H groups in total. The number of aryl methyl sites for hydroxylation is 1. The van der Waals surface area contributed by atoms with Crippen molar-refractivity contribution in [3.8, 4) is 0 Å². The molecule has 3 rings (SSSR count). The Balaban J connectivity index is 1.71. The van der Waals surface area contributed by atoms with E-state index in [9.17, 15) is 14.4 Å². The molecule has 0 saturated carbocycles. The lowest BCUT2D eigenvalue weighted by Gasteiger charge is -2.25. The molecule has 0 heterocycles. The zero-order valence-corrected chi connectivity index (χ0v) is 19.2. The summed E-state index contributed by atoms with van der Waals surface area (Å²) >= 11 is 0. The van der Waals surface area contributed by atoms with Crippen molar-refractivity contribution < 1.29 is 14.4 Å². The van der Waals surface area contributed by atoms with Crippen molar-refractivity contribution in [1.29, 1.82) is 0 Å². The van der Waals surface area contributed by atoms with Crippen LogP contribution in [0.15, 0.2) is 78.9 Å². The second kappa shape index (κ2) is 11.1. The molecule has 0 spiro atoms. The van der Waals surface area contributed by atoms with Crippen LogP contribution in [0.1, 0.15) is 27.0 Å². The van der Waals surface area contributed by atoms with Gasteiger partial charge in [0.25, 0.3) is 5.91 Å². The zero-order chi connectivity index (χ0) is 23.8. The number of carbonyl (C=O) groups excluding carboxylic acids is 3. The summed E-state index contributed by atoms with van der Waals surface area (Å²) < 4.78 is 0. The minimum absolute atomic E-state index is 0.126. The van der Waals surface area contributed by atoms with Gasteiger partial charge in [0.1, 0.15) is 6.04 Å². The van der Waals surface area contributed by atoms with E-state index in [4.69, 9.17) is 0 Å². The van der Waals surface area contributed by atoms with Crippen LogP contribution in [0.5, 0.6) is 0 Å². The summed E-state index contributed by atoms with van der Waals surface area (Å²) in [4.78, 5) is 40.0. The smallest absolute Gasteiger partial charge is 0.251 e. The number of anilines is 1. The molecule has 0 fully saturated rings. The Hall–Kier alpha value is -3.93. The van der Waals surface area contributed by atoms with Gasteiger partial charge in [-0.05, 0) is 48.7 Å². The van der Waals surface area contributed by atoms with Gasteiger partial charge in [0.15, 0.2) is 0 Å². The maximum absolute atomic E-state index is 13.3. The van der Waals surface area contributed by atoms with Crippen LogP contribution in [-0.4, -0.2) is 42.3 Å². The van der Waals surface area contributed by atoms with Crippen molar-refractivity contribution >= 4 is 23.4 Å². The number of carbonyl (C=O) groups is 3. The minimum atomic E-state index is -0.807. The average Bonchev–Trinajstić information content (AvgIpc) is 2.82. The standard InChI is InChI=1S/C27H29N3O3/c1-19-11-10-16-23(20(19)2)28-25(31)18-30(3)27(33)24(17-21-12-6-4-7-13-21)29-26(32)22-14-8-5-9-15-22/h4-16,24H,17-18H2,1-3H3,(H,28,31)(H,29,32). The lowest BCUT2D eigenvalue weighted by atomic mass is 10.0. The van der Waals surface area contributed by atoms with Gasteiger partial charge in [-0.1, -0.05) is 60.7 Å². The summed E-state index contributed by atoms with van der Waals surface area (Å²) in [5.74, 6) is -0.968. The van der Waals surface area contributed by atoms with Gasteiger partial charge >= 0.3 is 0 Å². The van der Waals surface area contributed by atoms with Crippen molar-refractivity contribution in [2.45, 2.75) is 26.3 Å². The third-order valence-electron chi connectivity index (χ3n) is 5.56. The van der Waals surface area contributed by atoms with E-state index >= 15 is 0 Å². The van der Waals surface area contributed by atoms with E-state index in [0.717, 1.165) is 22.4 Å². The molecule has 6 heteroatoms. The summed E-state index contributed by atoms with van der Waals surface area (Å²) in [5, 5.41) is 5.71. The first kappa shape index (κ1) is 23.7. The van der Waals surface area contributed by atoms with Crippen LogP contribution in [0.2, 0.25) is 0 Å². The molecule has 0 radical (unpaired) electrons. The van der Waals surface area contributed by atoms with Crippen LogP contribution in [-0.2, 0) is 16.0 Å². The Morgan fingerprint density at radius 3 is 2.15 bits per heavy atom. The van der Waals surface area contributed by atoms with Crippen molar-refractivity contribution in [1.82, 2.24) is 10.2 Å². The third kappa shape index (κ3) is 6.53. The number of likely N-dealkylation sites (N-methyl/N-ethyl adjacent to an activating group) is 1. The molecule has 0 aliphatic carbocycles. The third-order valence-corrected chi connectivity index (χ3v) is 5.56. The number of benzene rings is 3. The largest absolute Gasteiger partial charge is 0.340 e. The van der Waals surface area contributed by atoms with E-state index in [1.165, 1.54) is 4.90 Å². The molecular weight excluding hydrogens is 414 g/mol. The van der Waals surface area contributed by atoms with Gasteiger partial charge in [0.05, 0.1) is 6.54 Å². The van der Waals surface area contributed by atoms with E-state index in [1.807, 2.05) is 68.4 Å². The molecule has 0 aromatic heterocycles. The summed E-state index contributed by atoms with van der Waals surface area (Å²) in [6.45, 7) is 3.79.